The van der Waals surface area contributed by atoms with Gasteiger partial charge in [-0.3, -0.25) is 4.79 Å². The monoisotopic (exact) mass is 419 g/mol. The molecule has 2 aromatic rings. The zero-order valence-electron chi connectivity index (χ0n) is 17.4. The summed E-state index contributed by atoms with van der Waals surface area (Å²) in [7, 11) is -3.12. The number of furan rings is 1. The Hall–Kier alpha value is -2.28. The second-order valence-corrected chi connectivity index (χ2v) is 10.9. The second-order valence-electron chi connectivity index (χ2n) is 8.64. The highest BCUT2D eigenvalue weighted by Crippen LogP contribution is 2.26. The molecule has 1 aromatic carbocycles. The van der Waals surface area contributed by atoms with Crippen molar-refractivity contribution in [3.05, 3.63) is 54.0 Å². The normalized spacial score (nSPS) is 19.7. The van der Waals surface area contributed by atoms with Gasteiger partial charge in [0.15, 0.2) is 15.9 Å². The summed E-state index contributed by atoms with van der Waals surface area (Å²) in [5, 5.41) is 0. The molecule has 29 heavy (non-hydrogen) atoms. The van der Waals surface area contributed by atoms with E-state index >= 15 is 0 Å². The van der Waals surface area contributed by atoms with Gasteiger partial charge in [-0.05, 0) is 48.6 Å². The largest absolute Gasteiger partial charge is 0.481 e. The molecule has 1 aromatic heterocycles. The van der Waals surface area contributed by atoms with Crippen molar-refractivity contribution in [1.82, 2.24) is 4.90 Å². The van der Waals surface area contributed by atoms with E-state index in [9.17, 15) is 13.2 Å². The van der Waals surface area contributed by atoms with Crippen LogP contribution < -0.4 is 4.74 Å². The van der Waals surface area contributed by atoms with Crippen LogP contribution in [-0.4, -0.2) is 42.9 Å². The molecule has 0 saturated carbocycles. The van der Waals surface area contributed by atoms with Crippen LogP contribution in [-0.2, 0) is 26.6 Å². The Balaban J connectivity index is 1.74. The van der Waals surface area contributed by atoms with Gasteiger partial charge in [-0.2, -0.15) is 0 Å². The average Bonchev–Trinajstić information content (AvgIpc) is 3.28. The minimum Gasteiger partial charge on any atom is -0.481 e. The van der Waals surface area contributed by atoms with Crippen molar-refractivity contribution in [2.24, 2.45) is 0 Å². The van der Waals surface area contributed by atoms with Crippen LogP contribution in [0.2, 0.25) is 0 Å². The van der Waals surface area contributed by atoms with Gasteiger partial charge in [-0.15, -0.1) is 0 Å². The lowest BCUT2D eigenvalue weighted by molar-refractivity contribution is -0.140. The fraction of sp³-hybridized carbons (Fsp3) is 0.500. The maximum Gasteiger partial charge on any atom is 0.264 e. The summed E-state index contributed by atoms with van der Waals surface area (Å²) in [5.41, 5.74) is 1.22. The minimum absolute atomic E-state index is 0.0214. The molecule has 6 nitrogen and oxygen atoms in total. The maximum absolute atomic E-state index is 13.2. The maximum atomic E-state index is 13.2. The highest BCUT2D eigenvalue weighted by molar-refractivity contribution is 7.91. The van der Waals surface area contributed by atoms with E-state index in [0.717, 1.165) is 0 Å². The fourth-order valence-electron chi connectivity index (χ4n) is 3.50. The van der Waals surface area contributed by atoms with E-state index in [1.807, 2.05) is 24.3 Å². The summed E-state index contributed by atoms with van der Waals surface area (Å²) in [4.78, 5) is 14.7. The van der Waals surface area contributed by atoms with Gasteiger partial charge in [0.1, 0.15) is 11.5 Å². The molecule has 0 aliphatic carbocycles. The van der Waals surface area contributed by atoms with E-state index in [1.54, 1.807) is 30.2 Å². The van der Waals surface area contributed by atoms with E-state index in [2.05, 4.69) is 20.8 Å². The molecule has 0 spiro atoms. The van der Waals surface area contributed by atoms with Crippen LogP contribution >= 0.6 is 0 Å². The predicted molar refractivity (Wildman–Crippen MR) is 112 cm³/mol. The average molecular weight is 420 g/mol. The summed E-state index contributed by atoms with van der Waals surface area (Å²) >= 11 is 0. The number of benzene rings is 1. The summed E-state index contributed by atoms with van der Waals surface area (Å²) in [6, 6.07) is 10.9. The van der Waals surface area contributed by atoms with Crippen molar-refractivity contribution < 1.29 is 22.4 Å². The zero-order valence-corrected chi connectivity index (χ0v) is 18.2. The fourth-order valence-corrected chi connectivity index (χ4v) is 5.23. The third-order valence-electron chi connectivity index (χ3n) is 5.22. The molecule has 1 saturated heterocycles. The first kappa shape index (κ1) is 21.4. The number of carbonyl (C=O) groups excluding carboxylic acids is 1. The number of ether oxygens (including phenoxy) is 1. The van der Waals surface area contributed by atoms with Crippen molar-refractivity contribution in [3.8, 4) is 5.75 Å². The van der Waals surface area contributed by atoms with Gasteiger partial charge in [-0.25, -0.2) is 8.42 Å². The number of hydrogen-bond donors (Lipinski definition) is 0. The molecule has 1 aliphatic rings. The molecule has 3 rings (SSSR count). The van der Waals surface area contributed by atoms with Crippen LogP contribution in [0.5, 0.6) is 5.75 Å². The van der Waals surface area contributed by atoms with E-state index in [4.69, 9.17) is 9.15 Å². The molecule has 0 unspecified atom stereocenters. The molecule has 7 heteroatoms. The number of carbonyl (C=O) groups is 1. The summed E-state index contributed by atoms with van der Waals surface area (Å²) in [6.07, 6.45) is 1.23. The van der Waals surface area contributed by atoms with Gasteiger partial charge in [-0.1, -0.05) is 32.9 Å². The first-order valence-electron chi connectivity index (χ1n) is 9.86. The summed E-state index contributed by atoms with van der Waals surface area (Å²) in [6.45, 7) is 8.33. The topological polar surface area (TPSA) is 76.8 Å². The Labute approximate surface area is 172 Å². The van der Waals surface area contributed by atoms with Gasteiger partial charge in [0.05, 0.1) is 24.3 Å². The Kier molecular flexibility index (Phi) is 6.08. The van der Waals surface area contributed by atoms with Gasteiger partial charge in [0, 0.05) is 6.04 Å². The molecule has 1 aliphatic heterocycles. The van der Waals surface area contributed by atoms with Crippen LogP contribution in [0.4, 0.5) is 0 Å². The highest BCUT2D eigenvalue weighted by atomic mass is 32.2. The third-order valence-corrected chi connectivity index (χ3v) is 6.97. The predicted octanol–water partition coefficient (Wildman–Crippen LogP) is 3.56. The van der Waals surface area contributed by atoms with Crippen LogP contribution in [0.15, 0.2) is 47.1 Å². The Morgan fingerprint density at radius 1 is 1.24 bits per heavy atom. The van der Waals surface area contributed by atoms with Gasteiger partial charge < -0.3 is 14.1 Å². The van der Waals surface area contributed by atoms with Crippen molar-refractivity contribution >= 4 is 15.7 Å². The number of hydrogen-bond acceptors (Lipinski definition) is 5. The number of nitrogens with zero attached hydrogens (tertiary/aromatic N) is 1. The van der Waals surface area contributed by atoms with Crippen molar-refractivity contribution in [2.45, 2.75) is 58.2 Å². The molecule has 0 radical (unpaired) electrons. The van der Waals surface area contributed by atoms with Crippen LogP contribution in [0.3, 0.4) is 0 Å². The second kappa shape index (κ2) is 8.22. The molecule has 1 fully saturated rings. The SMILES string of the molecule is C[C@H](Oc1ccc(C(C)(C)C)cc1)C(=O)N(Cc1ccco1)[C@H]1CCS(=O)(=O)C1. The molecule has 158 valence electrons. The van der Waals surface area contributed by atoms with E-state index in [-0.39, 0.29) is 35.4 Å². The quantitative estimate of drug-likeness (QED) is 0.715. The van der Waals surface area contributed by atoms with Crippen molar-refractivity contribution in [3.63, 3.8) is 0 Å². The lowest BCUT2D eigenvalue weighted by atomic mass is 9.87. The summed E-state index contributed by atoms with van der Waals surface area (Å²) in [5.74, 6) is 1.05. The van der Waals surface area contributed by atoms with E-state index < -0.39 is 15.9 Å². The molecule has 2 atom stereocenters. The summed E-state index contributed by atoms with van der Waals surface area (Å²) < 4.78 is 35.2. The Bertz CT molecular complexity index is 927. The third kappa shape index (κ3) is 5.41. The Morgan fingerprint density at radius 2 is 1.93 bits per heavy atom. The molecule has 0 bridgehead atoms. The minimum atomic E-state index is -3.12. The first-order chi connectivity index (χ1) is 13.5. The van der Waals surface area contributed by atoms with Gasteiger partial charge >= 0.3 is 0 Å². The number of amides is 1. The van der Waals surface area contributed by atoms with Gasteiger partial charge in [0.25, 0.3) is 5.91 Å². The highest BCUT2D eigenvalue weighted by Gasteiger charge is 2.37. The van der Waals surface area contributed by atoms with Gasteiger partial charge in [0.2, 0.25) is 0 Å². The van der Waals surface area contributed by atoms with Crippen molar-refractivity contribution in [1.29, 1.82) is 0 Å². The Morgan fingerprint density at radius 3 is 2.45 bits per heavy atom. The zero-order chi connectivity index (χ0) is 21.2. The van der Waals surface area contributed by atoms with Crippen LogP contribution in [0.1, 0.15) is 45.4 Å². The van der Waals surface area contributed by atoms with Crippen molar-refractivity contribution in [2.75, 3.05) is 11.5 Å². The lowest BCUT2D eigenvalue weighted by Crippen LogP contribution is -2.46. The molecular weight excluding hydrogens is 390 g/mol. The molecule has 1 amide bonds. The van der Waals surface area contributed by atoms with Crippen LogP contribution in [0.25, 0.3) is 0 Å². The van der Waals surface area contributed by atoms with E-state index in [0.29, 0.717) is 17.9 Å². The van der Waals surface area contributed by atoms with E-state index in [1.165, 1.54) is 5.56 Å². The first-order valence-corrected chi connectivity index (χ1v) is 11.7. The smallest absolute Gasteiger partial charge is 0.264 e. The molecule has 2 heterocycles. The molecule has 0 N–H and O–H groups in total. The number of rotatable bonds is 6. The lowest BCUT2D eigenvalue weighted by Gasteiger charge is -2.30. The van der Waals surface area contributed by atoms with Crippen LogP contribution in [0, 0.1) is 0 Å². The number of sulfone groups is 1. The standard InChI is InChI=1S/C22H29NO5S/c1-16(28-19-9-7-17(8-10-19)22(2,3)4)21(24)23(14-20-6-5-12-27-20)18-11-13-29(25,26)15-18/h5-10,12,16,18H,11,13-15H2,1-4H3/t16-,18-/m0/s1. The molecular formula is C22H29NO5S.